The predicted octanol–water partition coefficient (Wildman–Crippen LogP) is 5.37. The van der Waals surface area contributed by atoms with Gasteiger partial charge in [-0.3, -0.25) is 4.68 Å². The molecule has 0 aliphatic rings. The molecular formula is C18H21N3S. The van der Waals surface area contributed by atoms with Crippen LogP contribution in [0.5, 0.6) is 0 Å². The monoisotopic (exact) mass is 311 g/mol. The minimum Gasteiger partial charge on any atom is -0.265 e. The van der Waals surface area contributed by atoms with Gasteiger partial charge in [-0.1, -0.05) is 45.2 Å². The summed E-state index contributed by atoms with van der Waals surface area (Å²) in [6.07, 6.45) is 7.44. The van der Waals surface area contributed by atoms with Gasteiger partial charge in [-0.2, -0.15) is 10.4 Å². The van der Waals surface area contributed by atoms with Gasteiger partial charge in [0.25, 0.3) is 0 Å². The maximum atomic E-state index is 8.85. The predicted molar refractivity (Wildman–Crippen MR) is 94.8 cm³/mol. The molecule has 2 heterocycles. The lowest BCUT2D eigenvalue weighted by atomic mass is 10.1. The van der Waals surface area contributed by atoms with Gasteiger partial charge in [0.2, 0.25) is 0 Å². The molecule has 0 spiro atoms. The van der Waals surface area contributed by atoms with Crippen LogP contribution in [-0.2, 0) is 0 Å². The first-order valence-electron chi connectivity index (χ1n) is 7.19. The normalized spacial score (nSPS) is 11.4. The summed E-state index contributed by atoms with van der Waals surface area (Å²) in [4.78, 5) is 1.70. The fraction of sp³-hybridized carbons (Fsp3) is 0.222. The van der Waals surface area contributed by atoms with Crippen molar-refractivity contribution in [1.82, 2.24) is 9.78 Å². The van der Waals surface area contributed by atoms with Crippen molar-refractivity contribution >= 4 is 11.3 Å². The van der Waals surface area contributed by atoms with Crippen LogP contribution in [0.3, 0.4) is 0 Å². The van der Waals surface area contributed by atoms with E-state index in [2.05, 4.69) is 24.3 Å². The largest absolute Gasteiger partial charge is 0.265 e. The van der Waals surface area contributed by atoms with Crippen LogP contribution in [0.4, 0.5) is 0 Å². The van der Waals surface area contributed by atoms with Crippen molar-refractivity contribution < 1.29 is 0 Å². The Hall–Kier alpha value is -2.38. The Kier molecular flexibility index (Phi) is 7.07. The standard InChI is InChI=1S/C16H15N3S.C2H6/c1-4-5-6-12(2)13(3)19-10-9-15(18-19)16-8-7-14(11-17)20-16;1-2/h4-10,13H,1-2H2,3H3;1-2H3/b6-5-;. The summed E-state index contributed by atoms with van der Waals surface area (Å²) in [7, 11) is 0. The average Bonchev–Trinajstić information content (AvgIpc) is 3.22. The number of rotatable bonds is 5. The molecule has 0 aromatic carbocycles. The summed E-state index contributed by atoms with van der Waals surface area (Å²) < 4.78 is 1.87. The molecule has 1 unspecified atom stereocenters. The van der Waals surface area contributed by atoms with E-state index in [-0.39, 0.29) is 6.04 Å². The van der Waals surface area contributed by atoms with Crippen LogP contribution in [-0.4, -0.2) is 9.78 Å². The number of allylic oxidation sites excluding steroid dienone is 4. The molecule has 0 N–H and O–H groups in total. The Balaban J connectivity index is 0.00000116. The summed E-state index contributed by atoms with van der Waals surface area (Å²) in [5, 5.41) is 13.4. The van der Waals surface area contributed by atoms with Gasteiger partial charge in [-0.25, -0.2) is 0 Å². The molecule has 4 heteroatoms. The third kappa shape index (κ3) is 4.31. The summed E-state index contributed by atoms with van der Waals surface area (Å²) in [6.45, 7) is 13.7. The van der Waals surface area contributed by atoms with E-state index in [0.29, 0.717) is 4.88 Å². The van der Waals surface area contributed by atoms with E-state index in [1.165, 1.54) is 11.3 Å². The van der Waals surface area contributed by atoms with Crippen LogP contribution >= 0.6 is 11.3 Å². The van der Waals surface area contributed by atoms with E-state index in [0.717, 1.165) is 16.1 Å². The molecule has 0 amide bonds. The Morgan fingerprint density at radius 1 is 1.41 bits per heavy atom. The SMILES string of the molecule is C=C/C=C\C(=C)C(C)n1ccc(-c2ccc(C#N)s2)n1.CC. The van der Waals surface area contributed by atoms with E-state index < -0.39 is 0 Å². The van der Waals surface area contributed by atoms with Crippen LogP contribution < -0.4 is 0 Å². The first-order valence-corrected chi connectivity index (χ1v) is 8.00. The number of nitriles is 1. The third-order valence-electron chi connectivity index (χ3n) is 2.96. The van der Waals surface area contributed by atoms with Crippen molar-refractivity contribution in [3.63, 3.8) is 0 Å². The molecule has 0 aliphatic carbocycles. The van der Waals surface area contributed by atoms with Crippen LogP contribution in [0.2, 0.25) is 0 Å². The molecule has 0 bridgehead atoms. The Bertz CT molecular complexity index is 698. The van der Waals surface area contributed by atoms with Crippen molar-refractivity contribution in [1.29, 1.82) is 5.26 Å². The lowest BCUT2D eigenvalue weighted by molar-refractivity contribution is 0.566. The minimum absolute atomic E-state index is 0.0790. The highest BCUT2D eigenvalue weighted by molar-refractivity contribution is 7.15. The first kappa shape index (κ1) is 17.7. The Labute approximate surface area is 136 Å². The molecule has 3 nitrogen and oxygen atoms in total. The molecule has 0 fully saturated rings. The van der Waals surface area contributed by atoms with Crippen molar-refractivity contribution in [3.8, 4) is 16.6 Å². The van der Waals surface area contributed by atoms with E-state index in [1.54, 1.807) is 6.08 Å². The molecular weight excluding hydrogens is 290 g/mol. The van der Waals surface area contributed by atoms with Gasteiger partial charge in [0.05, 0.1) is 10.9 Å². The molecule has 0 saturated carbocycles. The topological polar surface area (TPSA) is 41.6 Å². The van der Waals surface area contributed by atoms with Crippen molar-refractivity contribution in [2.45, 2.75) is 26.8 Å². The number of aromatic nitrogens is 2. The summed E-state index contributed by atoms with van der Waals surface area (Å²) >= 11 is 1.45. The summed E-state index contributed by atoms with van der Waals surface area (Å²) in [6, 6.07) is 7.91. The quantitative estimate of drug-likeness (QED) is 0.697. The molecule has 0 saturated heterocycles. The molecule has 0 aliphatic heterocycles. The zero-order valence-corrected chi connectivity index (χ0v) is 14.1. The smallest absolute Gasteiger partial charge is 0.110 e. The Morgan fingerprint density at radius 2 is 2.14 bits per heavy atom. The van der Waals surface area contributed by atoms with Gasteiger partial charge in [-0.05, 0) is 30.7 Å². The fourth-order valence-corrected chi connectivity index (χ4v) is 2.49. The van der Waals surface area contributed by atoms with Crippen molar-refractivity contribution in [2.24, 2.45) is 0 Å². The summed E-state index contributed by atoms with van der Waals surface area (Å²) in [5.41, 5.74) is 1.84. The lowest BCUT2D eigenvalue weighted by Gasteiger charge is -2.12. The van der Waals surface area contributed by atoms with Gasteiger partial charge in [0.15, 0.2) is 0 Å². The van der Waals surface area contributed by atoms with Crippen LogP contribution in [0.1, 0.15) is 31.7 Å². The number of hydrogen-bond donors (Lipinski definition) is 0. The van der Waals surface area contributed by atoms with E-state index in [1.807, 2.05) is 62.0 Å². The first-order chi connectivity index (χ1) is 10.7. The zero-order valence-electron chi connectivity index (χ0n) is 13.3. The fourth-order valence-electron chi connectivity index (χ4n) is 1.72. The minimum atomic E-state index is 0.0790. The Morgan fingerprint density at radius 3 is 2.73 bits per heavy atom. The van der Waals surface area contributed by atoms with Crippen LogP contribution in [0, 0.1) is 11.3 Å². The van der Waals surface area contributed by atoms with E-state index in [4.69, 9.17) is 5.26 Å². The maximum absolute atomic E-state index is 8.85. The van der Waals surface area contributed by atoms with E-state index in [9.17, 15) is 0 Å². The molecule has 2 rings (SSSR count). The molecule has 2 aromatic rings. The highest BCUT2D eigenvalue weighted by Gasteiger charge is 2.11. The van der Waals surface area contributed by atoms with Gasteiger partial charge in [0.1, 0.15) is 16.6 Å². The second-order valence-corrected chi connectivity index (χ2v) is 5.39. The average molecular weight is 311 g/mol. The molecule has 22 heavy (non-hydrogen) atoms. The summed E-state index contributed by atoms with van der Waals surface area (Å²) in [5.74, 6) is 0. The number of hydrogen-bond acceptors (Lipinski definition) is 3. The molecule has 0 radical (unpaired) electrons. The highest BCUT2D eigenvalue weighted by Crippen LogP contribution is 2.27. The third-order valence-corrected chi connectivity index (χ3v) is 3.97. The number of nitrogens with zero attached hydrogens (tertiary/aromatic N) is 3. The zero-order chi connectivity index (χ0) is 16.5. The lowest BCUT2D eigenvalue weighted by Crippen LogP contribution is -2.06. The molecule has 2 aromatic heterocycles. The highest BCUT2D eigenvalue weighted by atomic mass is 32.1. The van der Waals surface area contributed by atoms with Crippen LogP contribution in [0.15, 0.2) is 61.4 Å². The van der Waals surface area contributed by atoms with Crippen molar-refractivity contribution in [3.05, 3.63) is 66.2 Å². The van der Waals surface area contributed by atoms with Gasteiger partial charge >= 0.3 is 0 Å². The maximum Gasteiger partial charge on any atom is 0.110 e. The molecule has 1 atom stereocenters. The molecule has 114 valence electrons. The van der Waals surface area contributed by atoms with Gasteiger partial charge in [0, 0.05) is 6.20 Å². The van der Waals surface area contributed by atoms with Gasteiger partial charge in [-0.15, -0.1) is 11.3 Å². The van der Waals surface area contributed by atoms with E-state index >= 15 is 0 Å². The second kappa shape index (κ2) is 8.81. The number of thiophene rings is 1. The van der Waals surface area contributed by atoms with Crippen molar-refractivity contribution in [2.75, 3.05) is 0 Å². The van der Waals surface area contributed by atoms with Crippen LogP contribution in [0.25, 0.3) is 10.6 Å². The van der Waals surface area contributed by atoms with Gasteiger partial charge < -0.3 is 0 Å². The second-order valence-electron chi connectivity index (χ2n) is 4.30.